The highest BCUT2D eigenvalue weighted by atomic mass is 16.5. The van der Waals surface area contributed by atoms with Crippen LogP contribution in [-0.2, 0) is 24.9 Å². The van der Waals surface area contributed by atoms with Gasteiger partial charge in [0.1, 0.15) is 5.75 Å². The molecule has 0 radical (unpaired) electrons. The maximum atomic E-state index is 5.51. The molecule has 0 unspecified atom stereocenters. The summed E-state index contributed by atoms with van der Waals surface area (Å²) in [4.78, 5) is 2.63. The van der Waals surface area contributed by atoms with Gasteiger partial charge in [0.2, 0.25) is 0 Å². The summed E-state index contributed by atoms with van der Waals surface area (Å²) in [7, 11) is 4.12. The molecule has 2 N–H and O–H groups in total. The van der Waals surface area contributed by atoms with Crippen molar-refractivity contribution in [2.75, 3.05) is 33.8 Å². The van der Waals surface area contributed by atoms with Gasteiger partial charge in [-0.3, -0.25) is 0 Å². The fourth-order valence-corrected chi connectivity index (χ4v) is 7.14. The number of nitrogens with zero attached hydrogens (tertiary/aromatic N) is 1. The number of piperidine rings is 1. The zero-order chi connectivity index (χ0) is 26.2. The number of rotatable bonds is 8. The Morgan fingerprint density at radius 2 is 1.50 bits per heavy atom. The normalized spacial score (nSPS) is 23.9. The number of benzene rings is 3. The van der Waals surface area contributed by atoms with E-state index in [0.29, 0.717) is 5.41 Å². The Kier molecular flexibility index (Phi) is 9.16. The maximum absolute atomic E-state index is 5.51. The summed E-state index contributed by atoms with van der Waals surface area (Å²) < 4.78 is 5.51. The predicted molar refractivity (Wildman–Crippen MR) is 158 cm³/mol. The van der Waals surface area contributed by atoms with E-state index in [-0.39, 0.29) is 0 Å². The third-order valence-corrected chi connectivity index (χ3v) is 9.14. The number of likely N-dealkylation sites (tertiary alicyclic amines) is 1. The fourth-order valence-electron chi connectivity index (χ4n) is 7.14. The third kappa shape index (κ3) is 6.14. The molecule has 3 aromatic rings. The molecule has 0 amide bonds. The minimum atomic E-state index is 0.456. The summed E-state index contributed by atoms with van der Waals surface area (Å²) >= 11 is 0. The lowest BCUT2D eigenvalue weighted by atomic mass is 9.52. The molecule has 1 heterocycles. The Morgan fingerprint density at radius 3 is 2.13 bits per heavy atom. The van der Waals surface area contributed by atoms with Crippen LogP contribution in [0, 0.1) is 5.92 Å². The minimum Gasteiger partial charge on any atom is -0.497 e. The summed E-state index contributed by atoms with van der Waals surface area (Å²) in [5.74, 6) is 1.91. The first-order valence-electron chi connectivity index (χ1n) is 14.6. The standard InChI is InChI=1S/C18H25NO.C16H20N2/c1-19-10-9-18-8-4-3-5-15(18)17(19)11-13-6-7-14(20-2)12-16(13)18;1-3-7-15(8-4-1)13-17-11-12-18-14-16-9-5-2-6-10-16/h6-7,12,15,17H,3-5,8-11H2,1-2H3;1-10,17-18H,11-14H2/t15-,17+,18+;/m1./s1. The van der Waals surface area contributed by atoms with Crippen LogP contribution in [0.2, 0.25) is 0 Å². The largest absolute Gasteiger partial charge is 0.497 e. The Morgan fingerprint density at radius 1 is 0.842 bits per heavy atom. The first-order valence-corrected chi connectivity index (χ1v) is 14.6. The first kappa shape index (κ1) is 26.9. The molecular weight excluding hydrogens is 466 g/mol. The van der Waals surface area contributed by atoms with Crippen LogP contribution in [-0.4, -0.2) is 44.7 Å². The maximum Gasteiger partial charge on any atom is 0.119 e. The molecule has 2 fully saturated rings. The van der Waals surface area contributed by atoms with Crippen LogP contribution in [0.15, 0.2) is 78.9 Å². The Bertz CT molecular complexity index is 1090. The van der Waals surface area contributed by atoms with Crippen LogP contribution in [0.1, 0.15) is 54.4 Å². The van der Waals surface area contributed by atoms with Gasteiger partial charge in [-0.2, -0.15) is 0 Å². The smallest absolute Gasteiger partial charge is 0.119 e. The van der Waals surface area contributed by atoms with E-state index in [9.17, 15) is 0 Å². The van der Waals surface area contributed by atoms with Crippen molar-refractivity contribution >= 4 is 0 Å². The van der Waals surface area contributed by atoms with Crippen LogP contribution in [0.5, 0.6) is 5.75 Å². The molecule has 1 saturated carbocycles. The summed E-state index contributed by atoms with van der Waals surface area (Å²) in [6.07, 6.45) is 8.22. The second-order valence-electron chi connectivity index (χ2n) is 11.4. The van der Waals surface area contributed by atoms with E-state index in [0.717, 1.165) is 43.9 Å². The lowest BCUT2D eigenvalue weighted by Gasteiger charge is -2.58. The topological polar surface area (TPSA) is 36.5 Å². The molecule has 4 nitrogen and oxygen atoms in total. The summed E-state index contributed by atoms with van der Waals surface area (Å²) in [5, 5.41) is 6.85. The molecular formula is C34H45N3O. The van der Waals surface area contributed by atoms with Gasteiger partial charge in [0.25, 0.3) is 0 Å². The Balaban J connectivity index is 0.000000156. The molecule has 4 heteroatoms. The van der Waals surface area contributed by atoms with Gasteiger partial charge in [0, 0.05) is 37.6 Å². The van der Waals surface area contributed by atoms with Crippen molar-refractivity contribution in [1.29, 1.82) is 0 Å². The highest BCUT2D eigenvalue weighted by molar-refractivity contribution is 5.45. The number of hydrogen-bond donors (Lipinski definition) is 2. The van der Waals surface area contributed by atoms with Crippen LogP contribution >= 0.6 is 0 Å². The zero-order valence-corrected chi connectivity index (χ0v) is 23.3. The molecule has 0 aromatic heterocycles. The van der Waals surface area contributed by atoms with Crippen LogP contribution in [0.25, 0.3) is 0 Å². The van der Waals surface area contributed by atoms with Crippen molar-refractivity contribution < 1.29 is 4.74 Å². The van der Waals surface area contributed by atoms with Gasteiger partial charge in [0.05, 0.1) is 7.11 Å². The molecule has 1 saturated heterocycles. The first-order chi connectivity index (χ1) is 18.7. The Hall–Kier alpha value is -2.66. The van der Waals surface area contributed by atoms with Crippen molar-refractivity contribution in [1.82, 2.24) is 15.5 Å². The minimum absolute atomic E-state index is 0.456. The molecule has 202 valence electrons. The molecule has 38 heavy (non-hydrogen) atoms. The lowest BCUT2D eigenvalue weighted by molar-refractivity contribution is 0.00274. The quantitative estimate of drug-likeness (QED) is 0.367. The average molecular weight is 512 g/mol. The number of hydrogen-bond acceptors (Lipinski definition) is 4. The molecule has 3 atom stereocenters. The van der Waals surface area contributed by atoms with E-state index in [4.69, 9.17) is 4.74 Å². The number of methoxy groups -OCH3 is 1. The van der Waals surface area contributed by atoms with E-state index in [1.165, 1.54) is 56.2 Å². The van der Waals surface area contributed by atoms with Gasteiger partial charge in [-0.1, -0.05) is 79.6 Å². The zero-order valence-electron chi connectivity index (χ0n) is 23.3. The van der Waals surface area contributed by atoms with Crippen molar-refractivity contribution in [2.24, 2.45) is 5.92 Å². The average Bonchev–Trinajstić information content (AvgIpc) is 2.98. The molecule has 3 aliphatic rings. The van der Waals surface area contributed by atoms with Gasteiger partial charge >= 0.3 is 0 Å². The van der Waals surface area contributed by atoms with E-state index in [1.54, 1.807) is 18.2 Å². The number of nitrogens with one attached hydrogen (secondary N) is 2. The summed E-state index contributed by atoms with van der Waals surface area (Å²) in [6, 6.07) is 28.6. The molecule has 3 aromatic carbocycles. The number of ether oxygens (including phenoxy) is 1. The fraction of sp³-hybridized carbons (Fsp3) is 0.471. The van der Waals surface area contributed by atoms with E-state index < -0.39 is 0 Å². The molecule has 2 aliphatic carbocycles. The highest BCUT2D eigenvalue weighted by Crippen LogP contribution is 2.55. The molecule has 2 bridgehead atoms. The molecule has 0 spiro atoms. The number of likely N-dealkylation sites (N-methyl/N-ethyl adjacent to an activating group) is 1. The van der Waals surface area contributed by atoms with E-state index >= 15 is 0 Å². The molecule has 6 rings (SSSR count). The van der Waals surface area contributed by atoms with Crippen molar-refractivity contribution in [3.63, 3.8) is 0 Å². The SMILES string of the molecule is COc1ccc2c(c1)[C@]13CCCC[C@@H]1[C@H](C2)N(C)CC3.c1ccc(CNCCNCc2ccccc2)cc1. The predicted octanol–water partition coefficient (Wildman–Crippen LogP) is 5.95. The van der Waals surface area contributed by atoms with E-state index in [2.05, 4.69) is 89.3 Å². The third-order valence-electron chi connectivity index (χ3n) is 9.14. The van der Waals surface area contributed by atoms with Crippen molar-refractivity contribution in [2.45, 2.75) is 63.1 Å². The lowest BCUT2D eigenvalue weighted by Crippen LogP contribution is -2.59. The summed E-state index contributed by atoms with van der Waals surface area (Å²) in [6.45, 7) is 5.11. The van der Waals surface area contributed by atoms with Crippen molar-refractivity contribution in [3.05, 3.63) is 101 Å². The second-order valence-corrected chi connectivity index (χ2v) is 11.4. The van der Waals surface area contributed by atoms with Gasteiger partial charge in [-0.05, 0) is 79.6 Å². The molecule has 1 aliphatic heterocycles. The van der Waals surface area contributed by atoms with Gasteiger partial charge < -0.3 is 20.3 Å². The van der Waals surface area contributed by atoms with E-state index in [1.807, 2.05) is 12.1 Å². The van der Waals surface area contributed by atoms with Gasteiger partial charge in [0.15, 0.2) is 0 Å². The second kappa shape index (κ2) is 12.9. The number of fused-ring (bicyclic) bond motifs is 1. The van der Waals surface area contributed by atoms with Crippen LogP contribution < -0.4 is 15.4 Å². The van der Waals surface area contributed by atoms with Crippen LogP contribution in [0.4, 0.5) is 0 Å². The summed E-state index contributed by atoms with van der Waals surface area (Å²) in [5.41, 5.74) is 6.34. The van der Waals surface area contributed by atoms with Crippen molar-refractivity contribution in [3.8, 4) is 5.75 Å². The monoisotopic (exact) mass is 511 g/mol. The Labute approximate surface area is 229 Å². The highest BCUT2D eigenvalue weighted by Gasteiger charge is 2.53. The van der Waals surface area contributed by atoms with Crippen LogP contribution in [0.3, 0.4) is 0 Å². The van der Waals surface area contributed by atoms with Gasteiger partial charge in [-0.25, -0.2) is 0 Å². The van der Waals surface area contributed by atoms with Gasteiger partial charge in [-0.15, -0.1) is 0 Å².